The van der Waals surface area contributed by atoms with Gasteiger partial charge in [0, 0.05) is 45.3 Å². The quantitative estimate of drug-likeness (QED) is 0.259. The number of nitrogens with zero attached hydrogens (tertiary/aromatic N) is 2. The zero-order chi connectivity index (χ0) is 31.6. The van der Waals surface area contributed by atoms with Crippen LogP contribution in [0.5, 0.6) is 0 Å². The average molecular weight is 675 g/mol. The van der Waals surface area contributed by atoms with Gasteiger partial charge in [-0.2, -0.15) is 0 Å². The summed E-state index contributed by atoms with van der Waals surface area (Å²) in [6, 6.07) is 6.15. The molecule has 3 aliphatic heterocycles. The molecule has 1 spiro atoms. The zero-order valence-corrected chi connectivity index (χ0v) is 26.6. The van der Waals surface area contributed by atoms with E-state index in [0.29, 0.717) is 5.69 Å². The predicted octanol–water partition coefficient (Wildman–Crippen LogP) is 7.21. The Hall–Kier alpha value is -2.43. The number of rotatable bonds is 6. The van der Waals surface area contributed by atoms with Crippen LogP contribution in [0.25, 0.3) is 0 Å². The molecule has 5 rings (SSSR count). The first kappa shape index (κ1) is 32.0. The van der Waals surface area contributed by atoms with Crippen LogP contribution in [0.2, 0.25) is 20.1 Å². The molecule has 0 bridgehead atoms. The smallest absolute Gasteiger partial charge is 0.312 e. The van der Waals surface area contributed by atoms with Crippen molar-refractivity contribution in [3.05, 3.63) is 68.6 Å². The number of hydrogen-bond donors (Lipinski definition) is 1. The summed E-state index contributed by atoms with van der Waals surface area (Å²) in [5, 5.41) is 3.36. The Morgan fingerprint density at radius 3 is 2.35 bits per heavy atom. The lowest BCUT2D eigenvalue weighted by atomic mass is 9.73. The lowest BCUT2D eigenvalue weighted by Gasteiger charge is -2.37. The van der Waals surface area contributed by atoms with Crippen LogP contribution in [0.1, 0.15) is 32.8 Å². The van der Waals surface area contributed by atoms with Crippen molar-refractivity contribution in [2.45, 2.75) is 44.7 Å². The highest BCUT2D eigenvalue weighted by atomic mass is 35.5. The van der Waals surface area contributed by atoms with Gasteiger partial charge in [-0.1, -0.05) is 79.8 Å². The van der Waals surface area contributed by atoms with Gasteiger partial charge in [-0.05, 0) is 35.7 Å². The molecule has 0 unspecified atom stereocenters. The van der Waals surface area contributed by atoms with Crippen molar-refractivity contribution >= 4 is 75.6 Å². The summed E-state index contributed by atoms with van der Waals surface area (Å²) in [4.78, 5) is 45.6. The second kappa shape index (κ2) is 11.2. The maximum absolute atomic E-state index is 15.3. The van der Waals surface area contributed by atoms with E-state index in [2.05, 4.69) is 11.9 Å². The van der Waals surface area contributed by atoms with Crippen molar-refractivity contribution in [2.24, 2.45) is 17.3 Å². The highest BCUT2D eigenvalue weighted by Crippen LogP contribution is 2.61. The minimum Gasteiger partial charge on any atom is -0.461 e. The van der Waals surface area contributed by atoms with Gasteiger partial charge in [0.2, 0.25) is 5.91 Å². The molecule has 0 aliphatic carbocycles. The molecule has 2 aromatic rings. The van der Waals surface area contributed by atoms with Crippen LogP contribution in [-0.4, -0.2) is 54.3 Å². The third-order valence-electron chi connectivity index (χ3n) is 7.98. The van der Waals surface area contributed by atoms with Crippen molar-refractivity contribution in [2.75, 3.05) is 29.9 Å². The summed E-state index contributed by atoms with van der Waals surface area (Å²) in [7, 11) is 0. The molecular weight excluding hydrogens is 646 g/mol. The van der Waals surface area contributed by atoms with Gasteiger partial charge in [-0.25, -0.2) is 8.78 Å². The lowest BCUT2D eigenvalue weighted by Crippen LogP contribution is -2.55. The van der Waals surface area contributed by atoms with Gasteiger partial charge in [0.15, 0.2) is 0 Å². The van der Waals surface area contributed by atoms with E-state index in [9.17, 15) is 14.4 Å². The topological polar surface area (TPSA) is 79.0 Å². The van der Waals surface area contributed by atoms with E-state index in [4.69, 9.17) is 51.1 Å². The number of amides is 2. The second-order valence-corrected chi connectivity index (χ2v) is 14.0. The van der Waals surface area contributed by atoms with Crippen LogP contribution >= 0.6 is 46.4 Å². The number of anilines is 2. The number of hydrogen-bond acceptors (Lipinski definition) is 5. The summed E-state index contributed by atoms with van der Waals surface area (Å²) in [5.74, 6) is -8.62. The molecule has 230 valence electrons. The number of halogens is 6. The number of nitrogens with one attached hydrogen (secondary N) is 1. The maximum atomic E-state index is 15.3. The molecule has 0 aromatic heterocycles. The fourth-order valence-corrected chi connectivity index (χ4v) is 7.70. The first-order chi connectivity index (χ1) is 20.0. The number of esters is 1. The Morgan fingerprint density at radius 1 is 1.12 bits per heavy atom. The van der Waals surface area contributed by atoms with Gasteiger partial charge in [0.1, 0.15) is 18.1 Å². The molecule has 4 atom stereocenters. The van der Waals surface area contributed by atoms with Gasteiger partial charge in [-0.3, -0.25) is 19.3 Å². The molecule has 2 saturated heterocycles. The van der Waals surface area contributed by atoms with Crippen molar-refractivity contribution in [1.29, 1.82) is 0 Å². The highest BCUT2D eigenvalue weighted by Gasteiger charge is 2.75. The third-order valence-corrected chi connectivity index (χ3v) is 8.93. The van der Waals surface area contributed by atoms with E-state index >= 15 is 8.78 Å². The van der Waals surface area contributed by atoms with Gasteiger partial charge < -0.3 is 15.0 Å². The standard InChI is InChI=1S/C30H29Cl4F2N3O4/c1-5-6-43-26(41)23-22(25(40)38(13-28(2,3)4)18-8-15(31)7-16(32)9-18)21-12-29(35,36)14-39(21)30(23)19-10-17(33)11-20(34)24(19)37-27(30)42/h5,7-11,21-23H,1,6,12-14H2,2-4H3,(H,37,42)/t21-,22+,23-,30+/m1/s1. The van der Waals surface area contributed by atoms with Crippen molar-refractivity contribution in [1.82, 2.24) is 4.90 Å². The molecule has 13 heteroatoms. The highest BCUT2D eigenvalue weighted by molar-refractivity contribution is 6.38. The van der Waals surface area contributed by atoms with Crippen LogP contribution in [0.4, 0.5) is 20.2 Å². The van der Waals surface area contributed by atoms with E-state index < -0.39 is 65.5 Å². The zero-order valence-electron chi connectivity index (χ0n) is 23.5. The summed E-state index contributed by atoms with van der Waals surface area (Å²) in [6.07, 6.45) is 0.564. The molecule has 2 fully saturated rings. The van der Waals surface area contributed by atoms with Crippen molar-refractivity contribution in [3.63, 3.8) is 0 Å². The number of alkyl halides is 2. The number of fused-ring (bicyclic) bond motifs is 4. The molecule has 2 amide bonds. The normalized spacial score (nSPS) is 25.8. The van der Waals surface area contributed by atoms with Gasteiger partial charge in [0.25, 0.3) is 11.8 Å². The predicted molar refractivity (Wildman–Crippen MR) is 163 cm³/mol. The number of carbonyl (C=O) groups excluding carboxylic acids is 3. The van der Waals surface area contributed by atoms with Gasteiger partial charge >= 0.3 is 5.97 Å². The summed E-state index contributed by atoms with van der Waals surface area (Å²) >= 11 is 25.4. The molecule has 0 saturated carbocycles. The first-order valence-corrected chi connectivity index (χ1v) is 15.0. The SMILES string of the molecule is C=CCOC(=O)[C@H]1[C@@H](C(=O)N(CC(C)(C)C)c2cc(Cl)cc(Cl)c2)[C@H]2CC(F)(F)CN2[C@]12C(=O)Nc1c(Cl)cc(Cl)cc12. The Balaban J connectivity index is 1.77. The van der Waals surface area contributed by atoms with E-state index in [1.807, 2.05) is 20.8 Å². The molecule has 3 aliphatic rings. The molecule has 0 radical (unpaired) electrons. The van der Waals surface area contributed by atoms with E-state index in [1.165, 1.54) is 46.2 Å². The van der Waals surface area contributed by atoms with E-state index in [1.54, 1.807) is 0 Å². The number of ether oxygens (including phenoxy) is 1. The Bertz CT molecular complexity index is 1510. The third kappa shape index (κ3) is 5.52. The molecule has 43 heavy (non-hydrogen) atoms. The van der Waals surface area contributed by atoms with Crippen LogP contribution < -0.4 is 10.2 Å². The van der Waals surface area contributed by atoms with Crippen LogP contribution in [0.3, 0.4) is 0 Å². The van der Waals surface area contributed by atoms with E-state index in [0.717, 1.165) is 0 Å². The molecule has 3 heterocycles. The van der Waals surface area contributed by atoms with Crippen LogP contribution in [-0.2, 0) is 24.7 Å². The second-order valence-electron chi connectivity index (χ2n) is 12.3. The fourth-order valence-electron chi connectivity index (χ4n) is 6.64. The Labute approximate surface area is 268 Å². The summed E-state index contributed by atoms with van der Waals surface area (Å²) in [6.45, 7) is 8.26. The van der Waals surface area contributed by atoms with Crippen molar-refractivity contribution in [3.8, 4) is 0 Å². The molecule has 1 N–H and O–H groups in total. The van der Waals surface area contributed by atoms with Gasteiger partial charge in [-0.15, -0.1) is 0 Å². The number of benzene rings is 2. The first-order valence-electron chi connectivity index (χ1n) is 13.5. The fraction of sp³-hybridized carbons (Fsp3) is 0.433. The largest absolute Gasteiger partial charge is 0.461 e. The summed E-state index contributed by atoms with van der Waals surface area (Å²) < 4.78 is 36.1. The minimum atomic E-state index is -3.27. The van der Waals surface area contributed by atoms with Crippen LogP contribution in [0, 0.1) is 17.3 Å². The maximum Gasteiger partial charge on any atom is 0.312 e. The monoisotopic (exact) mass is 673 g/mol. The van der Waals surface area contributed by atoms with Gasteiger partial charge in [0.05, 0.1) is 23.2 Å². The summed E-state index contributed by atoms with van der Waals surface area (Å²) in [5.41, 5.74) is -1.98. The lowest BCUT2D eigenvalue weighted by molar-refractivity contribution is -0.158. The molecule has 7 nitrogen and oxygen atoms in total. The van der Waals surface area contributed by atoms with Crippen LogP contribution in [0.15, 0.2) is 43.0 Å². The van der Waals surface area contributed by atoms with Crippen molar-refractivity contribution < 1.29 is 27.9 Å². The molecule has 2 aromatic carbocycles. The minimum absolute atomic E-state index is 0.0612. The molecular formula is C30H29Cl4F2N3O4. The Kier molecular flexibility index (Phi) is 8.31. The Morgan fingerprint density at radius 2 is 1.74 bits per heavy atom. The van der Waals surface area contributed by atoms with E-state index in [-0.39, 0.29) is 44.5 Å². The number of carbonyl (C=O) groups is 3. The average Bonchev–Trinajstić information content (AvgIpc) is 3.45.